The monoisotopic (exact) mass is 465 g/mol. The van der Waals surface area contributed by atoms with E-state index in [1.807, 2.05) is 30.3 Å². The standard InChI is InChI=1S/C24H27N5O5/c25-17-21(18-6-4-9-20(16-18)34-19-7-2-1-3-8-19)26-22-10-5-11-28(24(31)32)29(22)23(30)27-12-14-33-15-13-27/h1-4,6-9,16,21-22,26H,5,10-15H2,(H,31,32)/t21?,22-/m0/s1. The molecule has 0 saturated carbocycles. The van der Waals surface area contributed by atoms with Crippen molar-refractivity contribution in [3.8, 4) is 17.6 Å². The smallest absolute Gasteiger partial charge is 0.426 e. The van der Waals surface area contributed by atoms with Gasteiger partial charge in [-0.05, 0) is 42.7 Å². The number of amides is 3. The Kier molecular flexibility index (Phi) is 7.47. The number of ether oxygens (including phenoxy) is 2. The second-order valence-corrected chi connectivity index (χ2v) is 8.01. The number of nitrogens with one attached hydrogen (secondary N) is 1. The summed E-state index contributed by atoms with van der Waals surface area (Å²) in [5.41, 5.74) is 0.655. The molecule has 0 aromatic heterocycles. The van der Waals surface area contributed by atoms with E-state index in [4.69, 9.17) is 9.47 Å². The molecule has 4 rings (SSSR count). The zero-order valence-corrected chi connectivity index (χ0v) is 18.7. The summed E-state index contributed by atoms with van der Waals surface area (Å²) in [6, 6.07) is 17.5. The number of benzene rings is 2. The second kappa shape index (κ2) is 10.9. The van der Waals surface area contributed by atoms with E-state index in [-0.39, 0.29) is 6.54 Å². The van der Waals surface area contributed by atoms with Gasteiger partial charge in [0.15, 0.2) is 0 Å². The maximum atomic E-state index is 13.3. The average molecular weight is 466 g/mol. The highest BCUT2D eigenvalue weighted by Crippen LogP contribution is 2.27. The normalized spacial score (nSPS) is 19.3. The van der Waals surface area contributed by atoms with Gasteiger partial charge >= 0.3 is 12.1 Å². The number of rotatable bonds is 5. The molecule has 178 valence electrons. The number of carbonyl (C=O) groups is 2. The Morgan fingerprint density at radius 1 is 1.09 bits per heavy atom. The first kappa shape index (κ1) is 23.4. The summed E-state index contributed by atoms with van der Waals surface area (Å²) < 4.78 is 11.2. The van der Waals surface area contributed by atoms with E-state index in [9.17, 15) is 20.0 Å². The maximum Gasteiger partial charge on any atom is 0.426 e. The molecule has 2 fully saturated rings. The lowest BCUT2D eigenvalue weighted by molar-refractivity contribution is -0.0620. The number of hydrogen-bond acceptors (Lipinski definition) is 6. The van der Waals surface area contributed by atoms with Crippen LogP contribution in [0.25, 0.3) is 0 Å². The average Bonchev–Trinajstić information content (AvgIpc) is 2.88. The second-order valence-electron chi connectivity index (χ2n) is 8.01. The van der Waals surface area contributed by atoms with Crippen molar-refractivity contribution in [2.75, 3.05) is 32.8 Å². The number of urea groups is 1. The minimum atomic E-state index is -1.21. The van der Waals surface area contributed by atoms with Crippen LogP contribution in [0.3, 0.4) is 0 Å². The van der Waals surface area contributed by atoms with Crippen LogP contribution in [0.4, 0.5) is 9.59 Å². The van der Waals surface area contributed by atoms with Gasteiger partial charge in [-0.25, -0.2) is 19.6 Å². The molecule has 1 unspecified atom stereocenters. The van der Waals surface area contributed by atoms with Crippen molar-refractivity contribution in [1.29, 1.82) is 5.26 Å². The first-order valence-corrected chi connectivity index (χ1v) is 11.2. The lowest BCUT2D eigenvalue weighted by Gasteiger charge is -2.45. The Labute approximate surface area is 197 Å². The predicted octanol–water partition coefficient (Wildman–Crippen LogP) is 3.40. The number of nitriles is 1. The highest BCUT2D eigenvalue weighted by molar-refractivity contribution is 5.78. The molecule has 3 amide bonds. The number of para-hydroxylation sites is 1. The molecule has 2 N–H and O–H groups in total. The fraction of sp³-hybridized carbons (Fsp3) is 0.375. The summed E-state index contributed by atoms with van der Waals surface area (Å²) in [5, 5.41) is 25.1. The molecule has 10 nitrogen and oxygen atoms in total. The highest BCUT2D eigenvalue weighted by Gasteiger charge is 2.39. The zero-order chi connectivity index (χ0) is 23.9. The lowest BCUT2D eigenvalue weighted by Crippen LogP contribution is -2.65. The Morgan fingerprint density at radius 3 is 2.53 bits per heavy atom. The Bertz CT molecular complexity index is 1040. The molecule has 0 bridgehead atoms. The number of nitrogens with zero attached hydrogens (tertiary/aromatic N) is 4. The maximum absolute atomic E-state index is 13.3. The van der Waals surface area contributed by atoms with Gasteiger partial charge < -0.3 is 19.5 Å². The fourth-order valence-electron chi connectivity index (χ4n) is 4.09. The van der Waals surface area contributed by atoms with Crippen molar-refractivity contribution < 1.29 is 24.2 Å². The van der Waals surface area contributed by atoms with Crippen molar-refractivity contribution >= 4 is 12.1 Å². The van der Waals surface area contributed by atoms with E-state index in [0.29, 0.717) is 56.2 Å². The Morgan fingerprint density at radius 2 is 1.82 bits per heavy atom. The third-order valence-electron chi connectivity index (χ3n) is 5.76. The van der Waals surface area contributed by atoms with E-state index in [1.54, 1.807) is 29.2 Å². The van der Waals surface area contributed by atoms with Crippen LogP contribution < -0.4 is 10.1 Å². The minimum absolute atomic E-state index is 0.210. The van der Waals surface area contributed by atoms with E-state index in [0.717, 1.165) is 5.01 Å². The number of carboxylic acid groups (broad SMARTS) is 1. The van der Waals surface area contributed by atoms with Crippen LogP contribution in [-0.4, -0.2) is 71.2 Å². The molecule has 34 heavy (non-hydrogen) atoms. The van der Waals surface area contributed by atoms with Gasteiger partial charge in [0.1, 0.15) is 23.7 Å². The largest absolute Gasteiger partial charge is 0.464 e. The van der Waals surface area contributed by atoms with Gasteiger partial charge in [0.2, 0.25) is 0 Å². The highest BCUT2D eigenvalue weighted by atomic mass is 16.5. The van der Waals surface area contributed by atoms with Gasteiger partial charge in [0, 0.05) is 19.6 Å². The number of hydrogen-bond donors (Lipinski definition) is 2. The van der Waals surface area contributed by atoms with Gasteiger partial charge in [-0.15, -0.1) is 0 Å². The van der Waals surface area contributed by atoms with Crippen molar-refractivity contribution in [3.63, 3.8) is 0 Å². The van der Waals surface area contributed by atoms with Crippen LogP contribution in [0, 0.1) is 11.3 Å². The molecule has 0 spiro atoms. The Balaban J connectivity index is 1.54. The van der Waals surface area contributed by atoms with E-state index in [1.165, 1.54) is 5.01 Å². The minimum Gasteiger partial charge on any atom is -0.464 e. The van der Waals surface area contributed by atoms with Gasteiger partial charge in [0.05, 0.1) is 19.3 Å². The van der Waals surface area contributed by atoms with Crippen LogP contribution in [0.2, 0.25) is 0 Å². The zero-order valence-electron chi connectivity index (χ0n) is 18.7. The summed E-state index contributed by atoms with van der Waals surface area (Å²) >= 11 is 0. The number of morpholine rings is 1. The quantitative estimate of drug-likeness (QED) is 0.695. The van der Waals surface area contributed by atoms with Gasteiger partial charge in [-0.3, -0.25) is 5.32 Å². The Hall–Kier alpha value is -3.81. The molecule has 2 aliphatic rings. The van der Waals surface area contributed by atoms with E-state index >= 15 is 0 Å². The molecular formula is C24H27N5O5. The van der Waals surface area contributed by atoms with Crippen molar-refractivity contribution in [2.24, 2.45) is 0 Å². The summed E-state index contributed by atoms with van der Waals surface area (Å²) in [6.07, 6.45) is -0.798. The van der Waals surface area contributed by atoms with Crippen LogP contribution in [-0.2, 0) is 4.74 Å². The van der Waals surface area contributed by atoms with Crippen LogP contribution in [0.1, 0.15) is 24.4 Å². The summed E-state index contributed by atoms with van der Waals surface area (Å²) in [7, 11) is 0. The molecule has 2 heterocycles. The number of carbonyl (C=O) groups excluding carboxylic acids is 1. The van der Waals surface area contributed by atoms with Crippen LogP contribution >= 0.6 is 0 Å². The third kappa shape index (κ3) is 5.39. The first-order chi connectivity index (χ1) is 16.6. The molecule has 0 aliphatic carbocycles. The fourth-order valence-corrected chi connectivity index (χ4v) is 4.09. The number of hydrazine groups is 1. The summed E-state index contributed by atoms with van der Waals surface area (Å²) in [4.78, 5) is 26.8. The first-order valence-electron chi connectivity index (χ1n) is 11.2. The third-order valence-corrected chi connectivity index (χ3v) is 5.76. The molecule has 2 atom stereocenters. The summed E-state index contributed by atoms with van der Waals surface area (Å²) in [6.45, 7) is 1.78. The van der Waals surface area contributed by atoms with Crippen LogP contribution in [0.5, 0.6) is 11.5 Å². The van der Waals surface area contributed by atoms with E-state index < -0.39 is 24.3 Å². The molecule has 2 saturated heterocycles. The van der Waals surface area contributed by atoms with Crippen molar-refractivity contribution in [2.45, 2.75) is 25.0 Å². The van der Waals surface area contributed by atoms with Crippen molar-refractivity contribution in [3.05, 3.63) is 60.2 Å². The van der Waals surface area contributed by atoms with Gasteiger partial charge in [-0.2, -0.15) is 5.26 Å². The molecule has 2 aliphatic heterocycles. The van der Waals surface area contributed by atoms with Crippen LogP contribution in [0.15, 0.2) is 54.6 Å². The molecule has 2 aromatic rings. The lowest BCUT2D eigenvalue weighted by atomic mass is 10.1. The van der Waals surface area contributed by atoms with E-state index in [2.05, 4.69) is 11.4 Å². The molecule has 0 radical (unpaired) electrons. The van der Waals surface area contributed by atoms with Gasteiger partial charge in [-0.1, -0.05) is 30.3 Å². The predicted molar refractivity (Wildman–Crippen MR) is 122 cm³/mol. The summed E-state index contributed by atoms with van der Waals surface area (Å²) in [5.74, 6) is 1.25. The van der Waals surface area contributed by atoms with Gasteiger partial charge in [0.25, 0.3) is 0 Å². The molecule has 10 heteroatoms. The van der Waals surface area contributed by atoms with Crippen molar-refractivity contribution in [1.82, 2.24) is 20.2 Å². The SMILES string of the molecule is N#CC(N[C@@H]1CCCN(C(=O)O)N1C(=O)N1CCOCC1)c1cccc(Oc2ccccc2)c1. The molecule has 2 aromatic carbocycles. The topological polar surface area (TPSA) is 118 Å². The molecular weight excluding hydrogens is 438 g/mol.